The Morgan fingerprint density at radius 1 is 1.19 bits per heavy atom. The average Bonchev–Trinajstić information content (AvgIpc) is 3.10. The van der Waals surface area contributed by atoms with Gasteiger partial charge in [0, 0.05) is 36.0 Å². The summed E-state index contributed by atoms with van der Waals surface area (Å²) in [5.74, 6) is 0.146. The van der Waals surface area contributed by atoms with Crippen LogP contribution in [0.3, 0.4) is 0 Å². The number of rotatable bonds is 4. The number of ether oxygens (including phenoxy) is 1. The summed E-state index contributed by atoms with van der Waals surface area (Å²) in [6.45, 7) is -2.13. The van der Waals surface area contributed by atoms with Crippen LogP contribution in [0.1, 0.15) is 22.2 Å². The van der Waals surface area contributed by atoms with Crippen LogP contribution in [0.2, 0.25) is 0 Å². The monoisotopic (exact) mass is 373 g/mol. The molecule has 0 radical (unpaired) electrons. The Kier molecular flexibility index (Phi) is 4.46. The van der Waals surface area contributed by atoms with E-state index in [1.54, 1.807) is 23.5 Å². The summed E-state index contributed by atoms with van der Waals surface area (Å²) >= 11 is 1.59. The van der Waals surface area contributed by atoms with Gasteiger partial charge in [-0.2, -0.15) is 8.78 Å². The highest BCUT2D eigenvalue weighted by atomic mass is 32.1. The Morgan fingerprint density at radius 2 is 2.04 bits per heavy atom. The molecule has 0 aliphatic carbocycles. The Labute approximate surface area is 153 Å². The summed E-state index contributed by atoms with van der Waals surface area (Å²) in [4.78, 5) is 7.78. The van der Waals surface area contributed by atoms with Crippen molar-refractivity contribution in [2.75, 3.05) is 17.2 Å². The van der Waals surface area contributed by atoms with Crippen molar-refractivity contribution in [3.63, 3.8) is 0 Å². The van der Waals surface area contributed by atoms with Crippen LogP contribution in [0.25, 0.3) is 0 Å². The standard InChI is InChI=1S/C19H17F2N3OS/c20-19(21)25-13-5-3-4-12(10-13)24-9-8-16-18(26-11-23-16)17(24)14-6-1-2-7-15(14)22/h1-7,10-11,17,19H,8-9,22H2. The number of anilines is 2. The quantitative estimate of drug-likeness (QED) is 0.685. The molecule has 2 aromatic carbocycles. The van der Waals surface area contributed by atoms with Gasteiger partial charge in [-0.05, 0) is 18.2 Å². The summed E-state index contributed by atoms with van der Waals surface area (Å²) in [7, 11) is 0. The van der Waals surface area contributed by atoms with Gasteiger partial charge in [0.25, 0.3) is 0 Å². The van der Waals surface area contributed by atoms with Gasteiger partial charge in [0.1, 0.15) is 5.75 Å². The second-order valence-electron chi connectivity index (χ2n) is 6.01. The molecule has 2 heterocycles. The van der Waals surface area contributed by atoms with Crippen LogP contribution in [0, 0.1) is 0 Å². The summed E-state index contributed by atoms with van der Waals surface area (Å²) in [6, 6.07) is 14.4. The summed E-state index contributed by atoms with van der Waals surface area (Å²) in [6.07, 6.45) is 0.794. The number of hydrogen-bond acceptors (Lipinski definition) is 5. The first-order valence-corrected chi connectivity index (χ1v) is 9.09. The summed E-state index contributed by atoms with van der Waals surface area (Å²) in [5.41, 5.74) is 11.7. The van der Waals surface area contributed by atoms with Crippen molar-refractivity contribution >= 4 is 22.7 Å². The number of hydrogen-bond donors (Lipinski definition) is 1. The van der Waals surface area contributed by atoms with Crippen molar-refractivity contribution in [1.29, 1.82) is 0 Å². The summed E-state index contributed by atoms with van der Waals surface area (Å²) < 4.78 is 29.7. The van der Waals surface area contributed by atoms with Gasteiger partial charge < -0.3 is 15.4 Å². The van der Waals surface area contributed by atoms with Crippen molar-refractivity contribution in [3.8, 4) is 5.75 Å². The van der Waals surface area contributed by atoms with Crippen molar-refractivity contribution in [3.05, 3.63) is 70.2 Å². The maximum atomic E-state index is 12.6. The molecule has 0 spiro atoms. The van der Waals surface area contributed by atoms with Crippen LogP contribution in [0.5, 0.6) is 5.75 Å². The highest BCUT2D eigenvalue weighted by Gasteiger charge is 2.32. The van der Waals surface area contributed by atoms with Gasteiger partial charge in [-0.15, -0.1) is 11.3 Å². The number of fused-ring (bicyclic) bond motifs is 1. The molecule has 1 unspecified atom stereocenters. The average molecular weight is 373 g/mol. The zero-order valence-corrected chi connectivity index (χ0v) is 14.6. The minimum Gasteiger partial charge on any atom is -0.435 e. The Balaban J connectivity index is 1.79. The predicted octanol–water partition coefficient (Wildman–Crippen LogP) is 4.48. The maximum absolute atomic E-state index is 12.6. The minimum atomic E-state index is -2.85. The molecule has 4 nitrogen and oxygen atoms in total. The topological polar surface area (TPSA) is 51.4 Å². The van der Waals surface area contributed by atoms with Crippen molar-refractivity contribution in [1.82, 2.24) is 4.98 Å². The van der Waals surface area contributed by atoms with Gasteiger partial charge in [0.05, 0.1) is 22.1 Å². The molecule has 1 aliphatic heterocycles. The van der Waals surface area contributed by atoms with E-state index in [1.165, 1.54) is 6.07 Å². The Bertz CT molecular complexity index is 915. The summed E-state index contributed by atoms with van der Waals surface area (Å²) in [5, 5.41) is 0. The molecule has 0 saturated carbocycles. The molecule has 0 fully saturated rings. The van der Waals surface area contributed by atoms with Crippen LogP contribution >= 0.6 is 11.3 Å². The zero-order chi connectivity index (χ0) is 18.1. The molecule has 0 amide bonds. The van der Waals surface area contributed by atoms with E-state index in [0.717, 1.165) is 28.2 Å². The lowest BCUT2D eigenvalue weighted by Gasteiger charge is -2.37. The number of nitrogens with zero attached hydrogens (tertiary/aromatic N) is 2. The van der Waals surface area contributed by atoms with Gasteiger partial charge in [0.2, 0.25) is 0 Å². The Morgan fingerprint density at radius 3 is 2.85 bits per heavy atom. The number of alkyl halides is 2. The fourth-order valence-electron chi connectivity index (χ4n) is 3.37. The zero-order valence-electron chi connectivity index (χ0n) is 13.8. The first kappa shape index (κ1) is 16.8. The molecule has 0 saturated heterocycles. The number of nitrogens with two attached hydrogens (primary N) is 1. The van der Waals surface area contributed by atoms with Crippen molar-refractivity contribution < 1.29 is 13.5 Å². The number of nitrogen functional groups attached to an aromatic ring is 1. The van der Waals surface area contributed by atoms with Crippen LogP contribution < -0.4 is 15.4 Å². The molecule has 0 bridgehead atoms. The molecule has 134 valence electrons. The lowest BCUT2D eigenvalue weighted by atomic mass is 9.95. The number of aromatic nitrogens is 1. The third kappa shape index (κ3) is 3.10. The van der Waals surface area contributed by atoms with Crippen LogP contribution in [-0.4, -0.2) is 18.1 Å². The molecule has 26 heavy (non-hydrogen) atoms. The first-order valence-electron chi connectivity index (χ1n) is 8.21. The fourth-order valence-corrected chi connectivity index (χ4v) is 4.34. The first-order chi connectivity index (χ1) is 12.6. The van der Waals surface area contributed by atoms with E-state index in [2.05, 4.69) is 14.6 Å². The van der Waals surface area contributed by atoms with Crippen molar-refractivity contribution in [2.24, 2.45) is 0 Å². The second kappa shape index (κ2) is 6.92. The number of para-hydroxylation sites is 1. The molecular formula is C19H17F2N3OS. The van der Waals surface area contributed by atoms with Gasteiger partial charge in [-0.1, -0.05) is 24.3 Å². The minimum absolute atomic E-state index is 0.103. The van der Waals surface area contributed by atoms with Crippen LogP contribution in [-0.2, 0) is 6.42 Å². The van der Waals surface area contributed by atoms with Gasteiger partial charge in [-0.3, -0.25) is 0 Å². The highest BCUT2D eigenvalue weighted by Crippen LogP contribution is 2.42. The van der Waals surface area contributed by atoms with Crippen LogP contribution in [0.15, 0.2) is 54.0 Å². The smallest absolute Gasteiger partial charge is 0.387 e. The molecular weight excluding hydrogens is 356 g/mol. The molecule has 7 heteroatoms. The predicted molar refractivity (Wildman–Crippen MR) is 98.9 cm³/mol. The maximum Gasteiger partial charge on any atom is 0.387 e. The molecule has 1 aliphatic rings. The van der Waals surface area contributed by atoms with Crippen molar-refractivity contribution in [2.45, 2.75) is 19.1 Å². The second-order valence-corrected chi connectivity index (χ2v) is 6.90. The SMILES string of the molecule is Nc1ccccc1C1c2scnc2CCN1c1cccc(OC(F)F)c1. The fraction of sp³-hybridized carbons (Fsp3) is 0.211. The lowest BCUT2D eigenvalue weighted by Crippen LogP contribution is -2.36. The number of halogens is 2. The molecule has 1 atom stereocenters. The van der Waals surface area contributed by atoms with E-state index in [9.17, 15) is 8.78 Å². The van der Waals surface area contributed by atoms with E-state index < -0.39 is 6.61 Å². The number of thiazole rings is 1. The van der Waals surface area contributed by atoms with E-state index in [0.29, 0.717) is 12.2 Å². The van der Waals surface area contributed by atoms with Gasteiger partial charge in [-0.25, -0.2) is 4.98 Å². The van der Waals surface area contributed by atoms with Gasteiger partial charge in [0.15, 0.2) is 0 Å². The van der Waals surface area contributed by atoms with E-state index in [-0.39, 0.29) is 11.8 Å². The normalized spacial score (nSPS) is 16.6. The highest BCUT2D eigenvalue weighted by molar-refractivity contribution is 7.09. The Hall–Kier alpha value is -2.67. The largest absolute Gasteiger partial charge is 0.435 e. The number of benzene rings is 2. The van der Waals surface area contributed by atoms with Gasteiger partial charge >= 0.3 is 6.61 Å². The van der Waals surface area contributed by atoms with E-state index in [4.69, 9.17) is 5.73 Å². The van der Waals surface area contributed by atoms with Crippen LogP contribution in [0.4, 0.5) is 20.2 Å². The van der Waals surface area contributed by atoms with E-state index >= 15 is 0 Å². The third-order valence-electron chi connectivity index (χ3n) is 4.49. The molecule has 1 aromatic heterocycles. The third-order valence-corrected chi connectivity index (χ3v) is 5.41. The molecule has 4 rings (SSSR count). The molecule has 2 N–H and O–H groups in total. The molecule has 3 aromatic rings. The van der Waals surface area contributed by atoms with E-state index in [1.807, 2.05) is 35.8 Å². The lowest BCUT2D eigenvalue weighted by molar-refractivity contribution is -0.0498.